The third-order valence-electron chi connectivity index (χ3n) is 5.13. The Morgan fingerprint density at radius 2 is 1.31 bits per heavy atom. The molecule has 2 N–H and O–H groups in total. The van der Waals surface area contributed by atoms with Crippen molar-refractivity contribution in [2.45, 2.75) is 10.9 Å². The van der Waals surface area contributed by atoms with E-state index in [1.165, 1.54) is 0 Å². The van der Waals surface area contributed by atoms with Crippen LogP contribution in [0.25, 0.3) is 11.0 Å². The average Bonchev–Trinajstić information content (AvgIpc) is 2.80. The molecule has 1 aromatic heterocycles. The number of sulfonamides is 1. The molecule has 8 heteroatoms. The summed E-state index contributed by atoms with van der Waals surface area (Å²) in [4.78, 5) is 11.5. The molecule has 0 aliphatic rings. The van der Waals surface area contributed by atoms with E-state index in [2.05, 4.69) is 37.0 Å². The first-order valence-corrected chi connectivity index (χ1v) is 11.7. The van der Waals surface area contributed by atoms with E-state index in [9.17, 15) is 8.42 Å². The van der Waals surface area contributed by atoms with Gasteiger partial charge < -0.3 is 10.2 Å². The lowest BCUT2D eigenvalue weighted by molar-refractivity contribution is 0.311. The molecule has 0 fully saturated rings. The summed E-state index contributed by atoms with van der Waals surface area (Å²) in [6.07, 6.45) is 0. The maximum absolute atomic E-state index is 12.9. The highest BCUT2D eigenvalue weighted by molar-refractivity contribution is 7.92. The second-order valence-electron chi connectivity index (χ2n) is 7.60. The Labute approximate surface area is 188 Å². The predicted octanol–water partition coefficient (Wildman–Crippen LogP) is 4.15. The molecule has 164 valence electrons. The first-order chi connectivity index (χ1) is 15.4. The van der Waals surface area contributed by atoms with Crippen molar-refractivity contribution < 1.29 is 8.42 Å². The lowest BCUT2D eigenvalue weighted by atomic mass is 10.1. The molecule has 0 saturated carbocycles. The van der Waals surface area contributed by atoms with Crippen LogP contribution in [-0.2, 0) is 10.0 Å². The van der Waals surface area contributed by atoms with Crippen LogP contribution >= 0.6 is 0 Å². The van der Waals surface area contributed by atoms with E-state index in [1.54, 1.807) is 36.4 Å². The van der Waals surface area contributed by atoms with E-state index in [0.717, 1.165) is 5.56 Å². The number of nitrogens with zero attached hydrogens (tertiary/aromatic N) is 3. The molecule has 7 nitrogen and oxygen atoms in total. The van der Waals surface area contributed by atoms with Gasteiger partial charge in [-0.1, -0.05) is 60.7 Å². The Balaban J connectivity index is 1.68. The molecule has 1 atom stereocenters. The Kier molecular flexibility index (Phi) is 6.34. The summed E-state index contributed by atoms with van der Waals surface area (Å²) in [5.74, 6) is 0.545. The van der Waals surface area contributed by atoms with Gasteiger partial charge in [0, 0.05) is 6.54 Å². The summed E-state index contributed by atoms with van der Waals surface area (Å²) in [5, 5.41) is 3.32. The van der Waals surface area contributed by atoms with Gasteiger partial charge in [-0.2, -0.15) is 0 Å². The Hall–Kier alpha value is -3.49. The van der Waals surface area contributed by atoms with Crippen LogP contribution in [-0.4, -0.2) is 43.9 Å². The molecule has 32 heavy (non-hydrogen) atoms. The van der Waals surface area contributed by atoms with Crippen LogP contribution in [0.2, 0.25) is 0 Å². The maximum atomic E-state index is 12.9. The fraction of sp³-hybridized carbons (Fsp3) is 0.167. The molecule has 0 aliphatic carbocycles. The van der Waals surface area contributed by atoms with Gasteiger partial charge in [0.05, 0.1) is 22.0 Å². The van der Waals surface area contributed by atoms with Crippen LogP contribution in [0.1, 0.15) is 11.6 Å². The van der Waals surface area contributed by atoms with Gasteiger partial charge >= 0.3 is 0 Å². The van der Waals surface area contributed by atoms with Gasteiger partial charge in [0.1, 0.15) is 0 Å². The minimum absolute atomic E-state index is 0.0584. The molecule has 0 unspecified atom stereocenters. The van der Waals surface area contributed by atoms with Gasteiger partial charge in [0.25, 0.3) is 10.0 Å². The van der Waals surface area contributed by atoms with Gasteiger partial charge in [0.15, 0.2) is 11.6 Å². The lowest BCUT2D eigenvalue weighted by Gasteiger charge is -2.25. The number of hydrogen-bond acceptors (Lipinski definition) is 6. The molecule has 0 radical (unpaired) electrons. The topological polar surface area (TPSA) is 87.2 Å². The van der Waals surface area contributed by atoms with Crippen molar-refractivity contribution >= 4 is 32.7 Å². The first kappa shape index (κ1) is 21.7. The zero-order chi connectivity index (χ0) is 22.6. The van der Waals surface area contributed by atoms with Crippen LogP contribution in [0.4, 0.5) is 11.6 Å². The summed E-state index contributed by atoms with van der Waals surface area (Å²) in [7, 11) is 0.194. The predicted molar refractivity (Wildman–Crippen MR) is 128 cm³/mol. The van der Waals surface area contributed by atoms with Crippen molar-refractivity contribution in [1.82, 2.24) is 14.9 Å². The van der Waals surface area contributed by atoms with Crippen molar-refractivity contribution in [3.63, 3.8) is 0 Å². The van der Waals surface area contributed by atoms with Crippen LogP contribution in [0.3, 0.4) is 0 Å². The molecule has 0 bridgehead atoms. The normalized spacial score (nSPS) is 12.6. The Bertz CT molecular complexity index is 1300. The van der Waals surface area contributed by atoms with Gasteiger partial charge in [-0.05, 0) is 43.9 Å². The molecule has 0 amide bonds. The van der Waals surface area contributed by atoms with Crippen molar-refractivity contribution in [2.24, 2.45) is 0 Å². The number of hydrogen-bond donors (Lipinski definition) is 2. The summed E-state index contributed by atoms with van der Waals surface area (Å²) in [5.41, 5.74) is 2.43. The number of nitrogens with one attached hydrogen (secondary N) is 2. The van der Waals surface area contributed by atoms with Crippen LogP contribution in [0, 0.1) is 0 Å². The maximum Gasteiger partial charge on any atom is 0.263 e. The van der Waals surface area contributed by atoms with E-state index in [1.807, 2.05) is 50.5 Å². The molecule has 0 aliphatic heterocycles. The zero-order valence-electron chi connectivity index (χ0n) is 17.9. The molecule has 4 aromatic rings. The summed E-state index contributed by atoms with van der Waals surface area (Å²) >= 11 is 0. The number of para-hydroxylation sites is 2. The fourth-order valence-electron chi connectivity index (χ4n) is 3.45. The van der Waals surface area contributed by atoms with Crippen LogP contribution in [0.15, 0.2) is 89.8 Å². The van der Waals surface area contributed by atoms with Crippen molar-refractivity contribution in [3.05, 3.63) is 90.5 Å². The minimum atomic E-state index is -3.81. The van der Waals surface area contributed by atoms with Crippen molar-refractivity contribution in [2.75, 3.05) is 30.7 Å². The van der Waals surface area contributed by atoms with Gasteiger partial charge in [-0.25, -0.2) is 18.4 Å². The number of aromatic nitrogens is 2. The quantitative estimate of drug-likeness (QED) is 0.422. The monoisotopic (exact) mass is 447 g/mol. The summed E-state index contributed by atoms with van der Waals surface area (Å²) < 4.78 is 28.5. The number of likely N-dealkylation sites (N-methyl/N-ethyl adjacent to an activating group) is 1. The fourth-order valence-corrected chi connectivity index (χ4v) is 4.48. The van der Waals surface area contributed by atoms with Crippen molar-refractivity contribution in [3.8, 4) is 0 Å². The Morgan fingerprint density at radius 3 is 1.91 bits per heavy atom. The number of fused-ring (bicyclic) bond motifs is 1. The highest BCUT2D eigenvalue weighted by Crippen LogP contribution is 2.26. The molecular weight excluding hydrogens is 422 g/mol. The van der Waals surface area contributed by atoms with Crippen molar-refractivity contribution in [1.29, 1.82) is 0 Å². The molecule has 0 saturated heterocycles. The zero-order valence-corrected chi connectivity index (χ0v) is 18.8. The number of benzene rings is 3. The highest BCUT2D eigenvalue weighted by Gasteiger charge is 2.20. The van der Waals surface area contributed by atoms with Gasteiger partial charge in [-0.3, -0.25) is 4.72 Å². The molecule has 3 aromatic carbocycles. The van der Waals surface area contributed by atoms with Crippen LogP contribution < -0.4 is 10.0 Å². The standard InChI is InChI=1S/C24H25N5O2S/c1-29(2)22(18-11-5-3-6-12-18)17-25-23-24(27-21-16-10-9-15-20(21)26-23)28-32(30,31)19-13-7-4-8-14-19/h3-16,22H,17H2,1-2H3,(H,25,26)(H,27,28)/t22-/m1/s1. The van der Waals surface area contributed by atoms with E-state index in [-0.39, 0.29) is 16.8 Å². The average molecular weight is 448 g/mol. The third-order valence-corrected chi connectivity index (χ3v) is 6.48. The first-order valence-electron chi connectivity index (χ1n) is 10.2. The van der Waals surface area contributed by atoms with Crippen LogP contribution in [0.5, 0.6) is 0 Å². The third kappa shape index (κ3) is 4.87. The van der Waals surface area contributed by atoms with Gasteiger partial charge in [-0.15, -0.1) is 0 Å². The number of rotatable bonds is 8. The Morgan fingerprint density at radius 1 is 0.781 bits per heavy atom. The van der Waals surface area contributed by atoms with E-state index in [0.29, 0.717) is 23.4 Å². The molecule has 4 rings (SSSR count). The molecule has 1 heterocycles. The van der Waals surface area contributed by atoms with E-state index < -0.39 is 10.0 Å². The second-order valence-corrected chi connectivity index (χ2v) is 9.28. The van der Waals surface area contributed by atoms with Gasteiger partial charge in [0.2, 0.25) is 0 Å². The summed E-state index contributed by atoms with van der Waals surface area (Å²) in [6.45, 7) is 0.518. The number of anilines is 2. The van der Waals surface area contributed by atoms with E-state index >= 15 is 0 Å². The lowest BCUT2D eigenvalue weighted by Crippen LogP contribution is -2.27. The summed E-state index contributed by atoms with van der Waals surface area (Å²) in [6, 6.07) is 25.8. The van der Waals surface area contributed by atoms with E-state index in [4.69, 9.17) is 0 Å². The molecular formula is C24H25N5O2S. The second kappa shape index (κ2) is 9.33. The smallest absolute Gasteiger partial charge is 0.263 e. The minimum Gasteiger partial charge on any atom is -0.365 e. The highest BCUT2D eigenvalue weighted by atomic mass is 32.2. The SMILES string of the molecule is CN(C)[C@H](CNc1nc2ccccc2nc1NS(=O)(=O)c1ccccc1)c1ccccc1. The largest absolute Gasteiger partial charge is 0.365 e. The molecule has 0 spiro atoms.